The first-order valence-corrected chi connectivity index (χ1v) is 27.7. The van der Waals surface area contributed by atoms with Crippen molar-refractivity contribution in [1.29, 1.82) is 0 Å². The predicted molar refractivity (Wildman–Crippen MR) is 286 cm³/mol. The number of fused-ring (bicyclic) bond motifs is 5. The highest BCUT2D eigenvalue weighted by Gasteiger charge is 2.37. The van der Waals surface area contributed by atoms with Gasteiger partial charge in [0.15, 0.2) is 5.82 Å². The van der Waals surface area contributed by atoms with Crippen molar-refractivity contribution in [3.8, 4) is 23.0 Å². The van der Waals surface area contributed by atoms with Gasteiger partial charge in [-0.2, -0.15) is 9.97 Å². The van der Waals surface area contributed by atoms with Crippen LogP contribution >= 0.6 is 0 Å². The highest BCUT2D eigenvalue weighted by atomic mass is 19.1. The van der Waals surface area contributed by atoms with Gasteiger partial charge in [-0.25, -0.2) is 4.39 Å². The number of benzene rings is 3. The summed E-state index contributed by atoms with van der Waals surface area (Å²) in [4.78, 5) is 63.3. The minimum atomic E-state index is -0.618. The lowest BCUT2D eigenvalue weighted by Gasteiger charge is -2.40. The zero-order valence-corrected chi connectivity index (χ0v) is 43.2. The molecule has 0 saturated carbocycles. The Balaban J connectivity index is 0.651. The van der Waals surface area contributed by atoms with Gasteiger partial charge in [-0.15, -0.1) is 0 Å². The van der Waals surface area contributed by atoms with E-state index in [-0.39, 0.29) is 41.2 Å². The Morgan fingerprint density at radius 3 is 2.32 bits per heavy atom. The molecular weight excluding hydrogens is 936 g/mol. The maximum Gasteiger partial charge on any atom is 0.319 e. The second-order valence-electron chi connectivity index (χ2n) is 22.1. The number of aromatic hydroxyl groups is 1. The summed E-state index contributed by atoms with van der Waals surface area (Å²) in [7, 11) is 1.58. The van der Waals surface area contributed by atoms with Gasteiger partial charge >= 0.3 is 6.01 Å². The van der Waals surface area contributed by atoms with Gasteiger partial charge < -0.3 is 44.9 Å². The van der Waals surface area contributed by atoms with Gasteiger partial charge in [-0.1, -0.05) is 31.2 Å². The molecule has 5 fully saturated rings. The Bertz CT molecular complexity index is 2850. The van der Waals surface area contributed by atoms with Crippen LogP contribution in [0.15, 0.2) is 54.7 Å². The van der Waals surface area contributed by atoms with E-state index in [1.807, 2.05) is 30.3 Å². The number of halogens is 1. The number of nitrogens with one attached hydrogen (secondary N) is 2. The molecule has 5 saturated heterocycles. The molecule has 74 heavy (non-hydrogen) atoms. The molecule has 16 heteroatoms. The minimum Gasteiger partial charge on any atom is -0.508 e. The fourth-order valence-electron chi connectivity index (χ4n) is 13.4. The van der Waals surface area contributed by atoms with Crippen molar-refractivity contribution in [3.05, 3.63) is 77.2 Å². The molecule has 3 atom stereocenters. The van der Waals surface area contributed by atoms with E-state index >= 15 is 4.39 Å². The maximum atomic E-state index is 17.1. The number of aromatic nitrogens is 3. The lowest BCUT2D eigenvalue weighted by atomic mass is 9.82. The van der Waals surface area contributed by atoms with Crippen LogP contribution in [0.2, 0.25) is 0 Å². The number of carbonyl (C=O) groups excluding carboxylic acids is 3. The smallest absolute Gasteiger partial charge is 0.319 e. The number of anilines is 2. The number of nitrogens with zero attached hydrogens (tertiary/aromatic N) is 8. The minimum absolute atomic E-state index is 0.0602. The van der Waals surface area contributed by atoms with E-state index < -0.39 is 11.9 Å². The summed E-state index contributed by atoms with van der Waals surface area (Å²) in [5.41, 5.74) is 4.72. The summed E-state index contributed by atoms with van der Waals surface area (Å²) in [6.07, 6.45) is 14.5. The normalized spacial score (nSPS) is 21.7. The number of piperazine rings is 1. The fraction of sp³-hybridized carbons (Fsp3) is 0.552. The third-order valence-electron chi connectivity index (χ3n) is 17.5. The quantitative estimate of drug-likeness (QED) is 0.0795. The average Bonchev–Trinajstić information content (AvgIpc) is 3.95. The molecular formula is C58H73FN10O5. The maximum absolute atomic E-state index is 17.1. The lowest BCUT2D eigenvalue weighted by molar-refractivity contribution is -0.121. The van der Waals surface area contributed by atoms with E-state index in [1.54, 1.807) is 30.3 Å². The summed E-state index contributed by atoms with van der Waals surface area (Å²) in [5, 5.41) is 19.3. The number of hydrogen-bond acceptors (Lipinski definition) is 13. The molecule has 0 aliphatic carbocycles. The number of piperidine rings is 3. The van der Waals surface area contributed by atoms with Crippen LogP contribution in [-0.4, -0.2) is 150 Å². The van der Waals surface area contributed by atoms with Gasteiger partial charge in [0.1, 0.15) is 35.7 Å². The summed E-state index contributed by atoms with van der Waals surface area (Å²) in [6, 6.07) is 15.5. The number of phenolic OH excluding ortho intramolecular Hbond substituents is 1. The molecule has 392 valence electrons. The molecule has 2 aromatic heterocycles. The third-order valence-corrected chi connectivity index (χ3v) is 17.5. The summed E-state index contributed by atoms with van der Waals surface area (Å²) < 4.78 is 23.4. The molecule has 0 spiro atoms. The molecule has 2 amide bonds. The molecule has 2 bridgehead atoms. The Morgan fingerprint density at radius 1 is 0.892 bits per heavy atom. The molecule has 3 N–H and O–H groups in total. The zero-order valence-electron chi connectivity index (χ0n) is 43.2. The summed E-state index contributed by atoms with van der Waals surface area (Å²) >= 11 is 0. The molecule has 6 aliphatic rings. The van der Waals surface area contributed by atoms with E-state index in [0.29, 0.717) is 59.9 Å². The van der Waals surface area contributed by atoms with Crippen molar-refractivity contribution in [1.82, 2.24) is 40.3 Å². The number of hydrogen-bond donors (Lipinski definition) is 3. The van der Waals surface area contributed by atoms with Gasteiger partial charge in [0.2, 0.25) is 5.91 Å². The zero-order chi connectivity index (χ0) is 50.9. The number of amides is 2. The molecule has 11 rings (SSSR count). The van der Waals surface area contributed by atoms with Crippen LogP contribution in [0, 0.1) is 23.6 Å². The summed E-state index contributed by atoms with van der Waals surface area (Å²) in [6.45, 7) is 12.7. The first-order chi connectivity index (χ1) is 36.1. The van der Waals surface area contributed by atoms with Crippen LogP contribution in [-0.2, 0) is 22.6 Å². The monoisotopic (exact) mass is 1010 g/mol. The molecule has 0 radical (unpaired) electrons. The highest BCUT2D eigenvalue weighted by Crippen LogP contribution is 2.40. The standard InChI is InChI=1S/C58H73FN10O5/c1-3-40-6-4-7-41-29-45(71)30-47(52(40)41)54-53(59)55-48(31-61-54)56(68-33-42-10-11-43(34-68)62-42)64-58(63-55)74-27-26-65-20-14-37(15-21-65)28-38-16-22-66(23-17-38)32-39-18-24-67(25-19-39)50-9-5-8-46-49(50)35-69(57(46)73)44(36-70)12-13-51(72)60-2/h4-9,29-31,36-39,42-44,62,71H,3,10-28,32-35H2,1-2H3,(H,60,72). The Morgan fingerprint density at radius 2 is 1.61 bits per heavy atom. The Kier molecular flexibility index (Phi) is 15.0. The first kappa shape index (κ1) is 50.2. The largest absolute Gasteiger partial charge is 0.508 e. The van der Waals surface area contributed by atoms with Gasteiger partial charge in [0.05, 0.1) is 11.4 Å². The van der Waals surface area contributed by atoms with Crippen LogP contribution in [0.3, 0.4) is 0 Å². The highest BCUT2D eigenvalue weighted by molar-refractivity contribution is 6.02. The Labute approximate surface area is 434 Å². The third kappa shape index (κ3) is 10.5. The average molecular weight is 1010 g/mol. The fourth-order valence-corrected chi connectivity index (χ4v) is 13.4. The summed E-state index contributed by atoms with van der Waals surface area (Å²) in [5.74, 6) is 2.10. The van der Waals surface area contributed by atoms with Gasteiger partial charge in [0, 0.05) is 99.9 Å². The van der Waals surface area contributed by atoms with Crippen LogP contribution in [0.25, 0.3) is 32.9 Å². The molecule has 8 heterocycles. The first-order valence-electron chi connectivity index (χ1n) is 27.7. The van der Waals surface area contributed by atoms with Gasteiger partial charge in [-0.05, 0) is 155 Å². The SMILES string of the molecule is CCc1cccc2cc(O)cc(-c3ncc4c(N5CC6CCC(C5)N6)nc(OCCN5CCC(CC6CCN(CC7CCN(c8cccc9c8CN(C(C=O)CCC(=O)NC)C9=O)CC7)CC6)CC5)nc4c3F)c12. The number of pyridine rings is 1. The number of carbonyl (C=O) groups is 3. The van der Waals surface area contributed by atoms with Crippen molar-refractivity contribution in [2.24, 2.45) is 17.8 Å². The van der Waals surface area contributed by atoms with Gasteiger partial charge in [0.25, 0.3) is 5.91 Å². The predicted octanol–water partition coefficient (Wildman–Crippen LogP) is 7.35. The van der Waals surface area contributed by atoms with E-state index in [0.717, 1.165) is 130 Å². The van der Waals surface area contributed by atoms with E-state index in [9.17, 15) is 19.5 Å². The van der Waals surface area contributed by atoms with E-state index in [1.165, 1.54) is 45.2 Å². The van der Waals surface area contributed by atoms with Gasteiger partial charge in [-0.3, -0.25) is 19.5 Å². The van der Waals surface area contributed by atoms with Crippen molar-refractivity contribution in [3.63, 3.8) is 0 Å². The second-order valence-corrected chi connectivity index (χ2v) is 22.1. The van der Waals surface area contributed by atoms with Crippen LogP contribution in [0.1, 0.15) is 99.0 Å². The molecule has 3 unspecified atom stereocenters. The Hall–Kier alpha value is -5.97. The number of likely N-dealkylation sites (tertiary alicyclic amines) is 2. The lowest BCUT2D eigenvalue weighted by Crippen LogP contribution is -2.51. The molecule has 15 nitrogen and oxygen atoms in total. The van der Waals surface area contributed by atoms with Crippen LogP contribution in [0.5, 0.6) is 11.8 Å². The number of aldehydes is 1. The van der Waals surface area contributed by atoms with Crippen molar-refractivity contribution in [2.75, 3.05) is 88.9 Å². The van der Waals surface area contributed by atoms with Crippen molar-refractivity contribution in [2.45, 2.75) is 109 Å². The van der Waals surface area contributed by atoms with E-state index in [4.69, 9.17) is 19.7 Å². The molecule has 6 aliphatic heterocycles. The second kappa shape index (κ2) is 22.1. The van der Waals surface area contributed by atoms with Crippen LogP contribution in [0.4, 0.5) is 15.9 Å². The number of ether oxygens (including phenoxy) is 1. The topological polar surface area (TPSA) is 160 Å². The molecule has 5 aromatic rings. The van der Waals surface area contributed by atoms with Crippen molar-refractivity contribution >= 4 is 51.3 Å². The molecule has 3 aromatic carbocycles. The van der Waals surface area contributed by atoms with Crippen LogP contribution < -0.4 is 25.2 Å². The van der Waals surface area contributed by atoms with Crippen molar-refractivity contribution < 1.29 is 28.6 Å². The number of aryl methyl sites for hydroxylation is 1. The number of rotatable bonds is 17. The number of phenols is 1. The van der Waals surface area contributed by atoms with E-state index in [2.05, 4.69) is 43.2 Å².